The van der Waals surface area contributed by atoms with Crippen LogP contribution in [-0.4, -0.2) is 36.1 Å². The van der Waals surface area contributed by atoms with Crippen molar-refractivity contribution >= 4 is 23.4 Å². The maximum absolute atomic E-state index is 11.8. The summed E-state index contributed by atoms with van der Waals surface area (Å²) in [6.07, 6.45) is 0. The number of carbonyl (C=O) groups is 2. The summed E-state index contributed by atoms with van der Waals surface area (Å²) in [7, 11) is 0. The molecular formula is C14H19ClN2O3. The summed E-state index contributed by atoms with van der Waals surface area (Å²) in [5.74, 6) is -0.661. The first-order valence-electron chi connectivity index (χ1n) is 6.38. The van der Waals surface area contributed by atoms with Crippen LogP contribution in [0.15, 0.2) is 24.3 Å². The van der Waals surface area contributed by atoms with Gasteiger partial charge < -0.3 is 15.7 Å². The van der Waals surface area contributed by atoms with Crippen molar-refractivity contribution in [3.63, 3.8) is 0 Å². The Labute approximate surface area is 123 Å². The van der Waals surface area contributed by atoms with Crippen LogP contribution in [-0.2, 0) is 4.79 Å². The van der Waals surface area contributed by atoms with Crippen LogP contribution >= 0.6 is 11.6 Å². The minimum atomic E-state index is -0.334. The number of hydrogen-bond acceptors (Lipinski definition) is 3. The van der Waals surface area contributed by atoms with E-state index < -0.39 is 0 Å². The smallest absolute Gasteiger partial charge is 0.251 e. The van der Waals surface area contributed by atoms with Gasteiger partial charge in [0.15, 0.2) is 0 Å². The first kappa shape index (κ1) is 16.5. The molecule has 20 heavy (non-hydrogen) atoms. The van der Waals surface area contributed by atoms with E-state index in [4.69, 9.17) is 16.7 Å². The van der Waals surface area contributed by atoms with Crippen LogP contribution in [0, 0.1) is 5.92 Å². The summed E-state index contributed by atoms with van der Waals surface area (Å²) in [6, 6.07) is 6.25. The molecule has 1 aromatic carbocycles. The van der Waals surface area contributed by atoms with Crippen LogP contribution in [0.3, 0.4) is 0 Å². The molecule has 0 aliphatic carbocycles. The molecule has 2 atom stereocenters. The fourth-order valence-electron chi connectivity index (χ4n) is 1.47. The van der Waals surface area contributed by atoms with Crippen molar-refractivity contribution in [1.82, 2.24) is 10.6 Å². The Hall–Kier alpha value is -1.59. The molecule has 6 heteroatoms. The Morgan fingerprint density at radius 2 is 1.85 bits per heavy atom. The molecule has 0 aliphatic heterocycles. The molecule has 2 amide bonds. The lowest BCUT2D eigenvalue weighted by Crippen LogP contribution is -2.43. The third-order valence-corrected chi connectivity index (χ3v) is 3.30. The predicted octanol–water partition coefficient (Wildman–Crippen LogP) is 1.20. The average molecular weight is 299 g/mol. The fourth-order valence-corrected chi connectivity index (χ4v) is 1.60. The highest BCUT2D eigenvalue weighted by molar-refractivity contribution is 6.30. The van der Waals surface area contributed by atoms with Crippen LogP contribution in [0.1, 0.15) is 24.2 Å². The lowest BCUT2D eigenvalue weighted by molar-refractivity contribution is -0.121. The van der Waals surface area contributed by atoms with E-state index in [0.717, 1.165) is 0 Å². The SMILES string of the molecule is CC(CO)C(C)NC(=O)CNC(=O)c1ccc(Cl)cc1. The van der Waals surface area contributed by atoms with Crippen molar-refractivity contribution in [3.8, 4) is 0 Å². The van der Waals surface area contributed by atoms with Crippen LogP contribution in [0.25, 0.3) is 0 Å². The Kier molecular flexibility index (Phi) is 6.48. The van der Waals surface area contributed by atoms with Crippen LogP contribution in [0.5, 0.6) is 0 Å². The molecule has 1 aromatic rings. The van der Waals surface area contributed by atoms with Gasteiger partial charge in [0.05, 0.1) is 6.54 Å². The second-order valence-electron chi connectivity index (χ2n) is 4.71. The average Bonchev–Trinajstić information content (AvgIpc) is 2.44. The molecule has 0 saturated heterocycles. The number of carbonyl (C=O) groups excluding carboxylic acids is 2. The van der Waals surface area contributed by atoms with Gasteiger partial charge in [-0.25, -0.2) is 0 Å². The summed E-state index contributed by atoms with van der Waals surface area (Å²) >= 11 is 5.73. The maximum Gasteiger partial charge on any atom is 0.251 e. The number of aliphatic hydroxyl groups excluding tert-OH is 1. The standard InChI is InChI=1S/C14H19ClN2O3/c1-9(8-18)10(2)17-13(19)7-16-14(20)11-3-5-12(15)6-4-11/h3-6,9-10,18H,7-8H2,1-2H3,(H,16,20)(H,17,19). The quantitative estimate of drug-likeness (QED) is 0.738. The van der Waals surface area contributed by atoms with Crippen molar-refractivity contribution in [2.45, 2.75) is 19.9 Å². The van der Waals surface area contributed by atoms with E-state index in [-0.39, 0.29) is 36.9 Å². The Morgan fingerprint density at radius 3 is 2.40 bits per heavy atom. The summed E-state index contributed by atoms with van der Waals surface area (Å²) in [6.45, 7) is 3.53. The van der Waals surface area contributed by atoms with Crippen LogP contribution in [0.4, 0.5) is 0 Å². The molecule has 5 nitrogen and oxygen atoms in total. The molecule has 1 rings (SSSR count). The predicted molar refractivity (Wildman–Crippen MR) is 77.6 cm³/mol. The van der Waals surface area contributed by atoms with Crippen molar-refractivity contribution in [2.24, 2.45) is 5.92 Å². The van der Waals surface area contributed by atoms with E-state index in [9.17, 15) is 9.59 Å². The van der Waals surface area contributed by atoms with Crippen LogP contribution in [0.2, 0.25) is 5.02 Å². The van der Waals surface area contributed by atoms with E-state index in [1.54, 1.807) is 31.2 Å². The molecule has 0 fully saturated rings. The zero-order valence-electron chi connectivity index (χ0n) is 11.5. The lowest BCUT2D eigenvalue weighted by Gasteiger charge is -2.19. The van der Waals surface area contributed by atoms with Gasteiger partial charge in [0, 0.05) is 23.2 Å². The van der Waals surface area contributed by atoms with Crippen molar-refractivity contribution in [1.29, 1.82) is 0 Å². The van der Waals surface area contributed by atoms with E-state index in [1.807, 2.05) is 6.92 Å². The molecule has 0 saturated carbocycles. The minimum Gasteiger partial charge on any atom is -0.396 e. The number of nitrogens with one attached hydrogen (secondary N) is 2. The van der Waals surface area contributed by atoms with Gasteiger partial charge in [-0.05, 0) is 37.1 Å². The molecule has 0 radical (unpaired) electrons. The number of halogens is 1. The second-order valence-corrected chi connectivity index (χ2v) is 5.14. The van der Waals surface area contributed by atoms with Crippen molar-refractivity contribution in [2.75, 3.05) is 13.2 Å². The first-order chi connectivity index (χ1) is 9.43. The summed E-state index contributed by atoms with van der Waals surface area (Å²) in [5, 5.41) is 14.8. The van der Waals surface area contributed by atoms with Gasteiger partial charge >= 0.3 is 0 Å². The number of rotatable bonds is 6. The van der Waals surface area contributed by atoms with Gasteiger partial charge in [0.1, 0.15) is 0 Å². The van der Waals surface area contributed by atoms with Crippen molar-refractivity contribution < 1.29 is 14.7 Å². The number of aliphatic hydroxyl groups is 1. The molecule has 2 unspecified atom stereocenters. The number of hydrogen-bond donors (Lipinski definition) is 3. The lowest BCUT2D eigenvalue weighted by atomic mass is 10.1. The van der Waals surface area contributed by atoms with Gasteiger partial charge in [-0.15, -0.1) is 0 Å². The summed E-state index contributed by atoms with van der Waals surface area (Å²) in [5.41, 5.74) is 0.443. The molecular weight excluding hydrogens is 280 g/mol. The summed E-state index contributed by atoms with van der Waals surface area (Å²) in [4.78, 5) is 23.4. The number of benzene rings is 1. The second kappa shape index (κ2) is 7.87. The molecule has 0 bridgehead atoms. The zero-order chi connectivity index (χ0) is 15.1. The number of amides is 2. The molecule has 110 valence electrons. The first-order valence-corrected chi connectivity index (χ1v) is 6.75. The third-order valence-electron chi connectivity index (χ3n) is 3.05. The summed E-state index contributed by atoms with van der Waals surface area (Å²) < 4.78 is 0. The minimum absolute atomic E-state index is 0.00141. The Balaban J connectivity index is 2.41. The highest BCUT2D eigenvalue weighted by atomic mass is 35.5. The van der Waals surface area contributed by atoms with E-state index in [0.29, 0.717) is 10.6 Å². The Bertz CT molecular complexity index is 462. The largest absolute Gasteiger partial charge is 0.396 e. The Morgan fingerprint density at radius 1 is 1.25 bits per heavy atom. The highest BCUT2D eigenvalue weighted by Gasteiger charge is 2.14. The highest BCUT2D eigenvalue weighted by Crippen LogP contribution is 2.09. The fraction of sp³-hybridized carbons (Fsp3) is 0.429. The van der Waals surface area contributed by atoms with Gasteiger partial charge in [-0.3, -0.25) is 9.59 Å². The van der Waals surface area contributed by atoms with Gasteiger partial charge in [0.25, 0.3) is 5.91 Å². The van der Waals surface area contributed by atoms with Gasteiger partial charge in [-0.2, -0.15) is 0 Å². The third kappa shape index (κ3) is 5.19. The van der Waals surface area contributed by atoms with E-state index in [2.05, 4.69) is 10.6 Å². The molecule has 0 heterocycles. The van der Waals surface area contributed by atoms with Gasteiger partial charge in [0.2, 0.25) is 5.91 Å². The van der Waals surface area contributed by atoms with Gasteiger partial charge in [-0.1, -0.05) is 18.5 Å². The monoisotopic (exact) mass is 298 g/mol. The normalized spacial score (nSPS) is 13.4. The van der Waals surface area contributed by atoms with Crippen LogP contribution < -0.4 is 10.6 Å². The molecule has 3 N–H and O–H groups in total. The molecule has 0 aliphatic rings. The van der Waals surface area contributed by atoms with Crippen molar-refractivity contribution in [3.05, 3.63) is 34.9 Å². The topological polar surface area (TPSA) is 78.4 Å². The zero-order valence-corrected chi connectivity index (χ0v) is 12.3. The molecule has 0 spiro atoms. The van der Waals surface area contributed by atoms with E-state index in [1.165, 1.54) is 0 Å². The molecule has 0 aromatic heterocycles. The maximum atomic E-state index is 11.8. The van der Waals surface area contributed by atoms with E-state index >= 15 is 0 Å².